The normalized spacial score (nSPS) is 11.5. The van der Waals surface area contributed by atoms with E-state index in [2.05, 4.69) is 5.32 Å². The molecule has 2 aromatic carbocycles. The molecule has 0 atom stereocenters. The van der Waals surface area contributed by atoms with Gasteiger partial charge in [-0.1, -0.05) is 37.0 Å². The van der Waals surface area contributed by atoms with Gasteiger partial charge in [0.15, 0.2) is 9.84 Å². The summed E-state index contributed by atoms with van der Waals surface area (Å²) >= 11 is 11.9. The fourth-order valence-corrected chi connectivity index (χ4v) is 5.04. The third-order valence-electron chi connectivity index (χ3n) is 4.27. The van der Waals surface area contributed by atoms with Gasteiger partial charge in [0, 0.05) is 5.02 Å². The number of carbonyl (C=O) groups excluding carboxylic acids is 1. The van der Waals surface area contributed by atoms with Crippen LogP contribution in [-0.2, 0) is 9.84 Å². The molecule has 8 heteroatoms. The molecule has 1 N–H and O–H groups in total. The highest BCUT2D eigenvalue weighted by Crippen LogP contribution is 2.31. The quantitative estimate of drug-likeness (QED) is 0.654. The molecule has 0 aliphatic carbocycles. The number of hydrogen-bond acceptors (Lipinski definition) is 4. The molecule has 0 aromatic heterocycles. The predicted octanol–water partition coefficient (Wildman–Crippen LogP) is 5.22. The van der Waals surface area contributed by atoms with Crippen LogP contribution in [0.5, 0.6) is 5.75 Å². The first-order valence-electron chi connectivity index (χ1n) is 8.42. The van der Waals surface area contributed by atoms with Gasteiger partial charge >= 0.3 is 0 Å². The summed E-state index contributed by atoms with van der Waals surface area (Å²) in [6, 6.07) is 8.92. The van der Waals surface area contributed by atoms with E-state index in [9.17, 15) is 13.2 Å². The average Bonchev–Trinajstić information content (AvgIpc) is 2.62. The number of ether oxygens (including phenoxy) is 1. The molecule has 0 bridgehead atoms. The highest BCUT2D eigenvalue weighted by molar-refractivity contribution is 7.92. The van der Waals surface area contributed by atoms with E-state index >= 15 is 0 Å². The molecule has 5 nitrogen and oxygen atoms in total. The predicted molar refractivity (Wildman–Crippen MR) is 109 cm³/mol. The lowest BCUT2D eigenvalue weighted by Crippen LogP contribution is -2.20. The molecule has 0 aliphatic heterocycles. The number of methoxy groups -OCH3 is 1. The van der Waals surface area contributed by atoms with Gasteiger partial charge in [0.1, 0.15) is 5.75 Å². The van der Waals surface area contributed by atoms with Gasteiger partial charge in [-0.2, -0.15) is 0 Å². The van der Waals surface area contributed by atoms with E-state index in [4.69, 9.17) is 27.9 Å². The largest absolute Gasteiger partial charge is 0.495 e. The minimum atomic E-state index is -3.51. The Morgan fingerprint density at radius 1 is 1.11 bits per heavy atom. The van der Waals surface area contributed by atoms with E-state index in [0.29, 0.717) is 23.6 Å². The Kier molecular flexibility index (Phi) is 7.14. The van der Waals surface area contributed by atoms with Crippen LogP contribution < -0.4 is 10.1 Å². The molecule has 27 heavy (non-hydrogen) atoms. The van der Waals surface area contributed by atoms with Crippen LogP contribution in [0.25, 0.3) is 0 Å². The highest BCUT2D eigenvalue weighted by Gasteiger charge is 2.26. The second kappa shape index (κ2) is 8.95. The van der Waals surface area contributed by atoms with Crippen molar-refractivity contribution in [1.29, 1.82) is 0 Å². The Balaban J connectivity index is 2.42. The van der Waals surface area contributed by atoms with Crippen LogP contribution in [0.2, 0.25) is 10.0 Å². The number of amides is 1. The molecule has 0 aliphatic rings. The van der Waals surface area contributed by atoms with Crippen molar-refractivity contribution in [2.75, 3.05) is 12.4 Å². The number of hydrogen-bond donors (Lipinski definition) is 1. The van der Waals surface area contributed by atoms with Gasteiger partial charge in [-0.15, -0.1) is 0 Å². The van der Waals surface area contributed by atoms with Gasteiger partial charge in [-0.05, 0) is 49.2 Å². The third kappa shape index (κ3) is 4.75. The van der Waals surface area contributed by atoms with E-state index in [1.807, 2.05) is 13.8 Å². The van der Waals surface area contributed by atoms with Gasteiger partial charge in [-0.3, -0.25) is 4.79 Å². The number of halogens is 2. The van der Waals surface area contributed by atoms with Crippen molar-refractivity contribution in [3.63, 3.8) is 0 Å². The molecule has 146 valence electrons. The molecule has 0 spiro atoms. The lowest BCUT2D eigenvalue weighted by Gasteiger charge is -2.16. The van der Waals surface area contributed by atoms with Gasteiger partial charge in [0.2, 0.25) is 0 Å². The van der Waals surface area contributed by atoms with E-state index in [1.165, 1.54) is 37.4 Å². The molecule has 2 rings (SSSR count). The molecular weight excluding hydrogens is 409 g/mol. The fraction of sp³-hybridized carbons (Fsp3) is 0.316. The van der Waals surface area contributed by atoms with Crippen molar-refractivity contribution >= 4 is 44.6 Å². The minimum Gasteiger partial charge on any atom is -0.495 e. The summed E-state index contributed by atoms with van der Waals surface area (Å²) in [7, 11) is -2.07. The first kappa shape index (κ1) is 21.5. The van der Waals surface area contributed by atoms with Gasteiger partial charge in [0.25, 0.3) is 5.91 Å². The number of rotatable bonds is 7. The average molecular weight is 430 g/mol. The van der Waals surface area contributed by atoms with Crippen molar-refractivity contribution in [1.82, 2.24) is 0 Å². The second-order valence-corrected chi connectivity index (χ2v) is 9.00. The summed E-state index contributed by atoms with van der Waals surface area (Å²) < 4.78 is 30.9. The van der Waals surface area contributed by atoms with Crippen molar-refractivity contribution in [2.45, 2.75) is 36.8 Å². The SMILES string of the molecule is CCC(CC)S(=O)(=O)c1ccc(OC)c(NC(=O)c2ccc(Cl)cc2Cl)c1. The third-order valence-corrected chi connectivity index (χ3v) is 7.28. The van der Waals surface area contributed by atoms with Crippen LogP contribution in [0.3, 0.4) is 0 Å². The molecule has 0 radical (unpaired) electrons. The van der Waals surface area contributed by atoms with Crippen molar-refractivity contribution in [3.05, 3.63) is 52.0 Å². The van der Waals surface area contributed by atoms with Gasteiger partial charge < -0.3 is 10.1 Å². The standard InChI is InChI=1S/C19H21Cl2NO4S/c1-4-13(5-2)27(24,25)14-7-9-18(26-3)17(11-14)22-19(23)15-8-6-12(20)10-16(15)21/h6-11,13H,4-5H2,1-3H3,(H,22,23). The Hall–Kier alpha value is -1.76. The van der Waals surface area contributed by atoms with Gasteiger partial charge in [0.05, 0.1) is 33.5 Å². The maximum absolute atomic E-state index is 12.8. The monoisotopic (exact) mass is 429 g/mol. The molecule has 0 unspecified atom stereocenters. The van der Waals surface area contributed by atoms with Crippen LogP contribution >= 0.6 is 23.2 Å². The highest BCUT2D eigenvalue weighted by atomic mass is 35.5. The topological polar surface area (TPSA) is 72.5 Å². The Morgan fingerprint density at radius 2 is 1.78 bits per heavy atom. The number of nitrogens with one attached hydrogen (secondary N) is 1. The summed E-state index contributed by atoms with van der Waals surface area (Å²) in [6.07, 6.45) is 1.01. The van der Waals surface area contributed by atoms with E-state index in [1.54, 1.807) is 6.07 Å². The molecule has 0 fully saturated rings. The Labute approximate surface area is 169 Å². The number of carbonyl (C=O) groups is 1. The molecule has 0 heterocycles. The minimum absolute atomic E-state index is 0.134. The van der Waals surface area contributed by atoms with Crippen LogP contribution in [0.15, 0.2) is 41.3 Å². The zero-order valence-electron chi connectivity index (χ0n) is 15.3. The Morgan fingerprint density at radius 3 is 2.33 bits per heavy atom. The smallest absolute Gasteiger partial charge is 0.257 e. The molecule has 0 saturated carbocycles. The summed E-state index contributed by atoms with van der Waals surface area (Å²) in [5.41, 5.74) is 0.469. The summed E-state index contributed by atoms with van der Waals surface area (Å²) in [5.74, 6) is -0.149. The van der Waals surface area contributed by atoms with Crippen LogP contribution in [0.4, 0.5) is 5.69 Å². The lowest BCUT2D eigenvalue weighted by molar-refractivity contribution is 0.102. The molecule has 1 amide bonds. The fourth-order valence-electron chi connectivity index (χ4n) is 2.74. The molecule has 0 saturated heterocycles. The first-order valence-corrected chi connectivity index (χ1v) is 10.7. The maximum Gasteiger partial charge on any atom is 0.257 e. The Bertz CT molecular complexity index is 941. The number of anilines is 1. The zero-order chi connectivity index (χ0) is 20.2. The van der Waals surface area contributed by atoms with E-state index < -0.39 is 21.0 Å². The number of benzene rings is 2. The summed E-state index contributed by atoms with van der Waals surface area (Å²) in [4.78, 5) is 12.7. The van der Waals surface area contributed by atoms with Crippen molar-refractivity contribution in [2.24, 2.45) is 0 Å². The van der Waals surface area contributed by atoms with Gasteiger partial charge in [-0.25, -0.2) is 8.42 Å². The molecular formula is C19H21Cl2NO4S. The van der Waals surface area contributed by atoms with Crippen LogP contribution in [-0.4, -0.2) is 26.7 Å². The number of sulfone groups is 1. The second-order valence-electron chi connectivity index (χ2n) is 5.92. The van der Waals surface area contributed by atoms with E-state index in [0.717, 1.165) is 0 Å². The first-order chi connectivity index (χ1) is 12.7. The lowest BCUT2D eigenvalue weighted by atomic mass is 10.2. The van der Waals surface area contributed by atoms with Crippen LogP contribution in [0.1, 0.15) is 37.0 Å². The van der Waals surface area contributed by atoms with Crippen LogP contribution in [0, 0.1) is 0 Å². The van der Waals surface area contributed by atoms with Crippen molar-refractivity contribution in [3.8, 4) is 5.75 Å². The van der Waals surface area contributed by atoms with E-state index in [-0.39, 0.29) is 21.2 Å². The summed E-state index contributed by atoms with van der Waals surface area (Å²) in [5, 5.41) is 2.79. The summed E-state index contributed by atoms with van der Waals surface area (Å²) in [6.45, 7) is 3.67. The maximum atomic E-state index is 12.8. The van der Waals surface area contributed by atoms with Crippen molar-refractivity contribution < 1.29 is 17.9 Å². The molecule has 2 aromatic rings. The zero-order valence-corrected chi connectivity index (χ0v) is 17.6.